The molecule has 4 atom stereocenters. The summed E-state index contributed by atoms with van der Waals surface area (Å²) in [6, 6.07) is 11.1. The first-order chi connectivity index (χ1) is 12.8. The number of aliphatic imine (C=N–C) groups is 1. The van der Waals surface area contributed by atoms with Crippen molar-refractivity contribution in [2.24, 2.45) is 10.9 Å². The van der Waals surface area contributed by atoms with Crippen LogP contribution >= 0.6 is 11.8 Å². The maximum atomic E-state index is 6.01. The Morgan fingerprint density at radius 1 is 1.23 bits per heavy atom. The molecule has 1 aromatic rings. The van der Waals surface area contributed by atoms with Gasteiger partial charge in [0.05, 0.1) is 6.10 Å². The maximum Gasteiger partial charge on any atom is 0.191 e. The van der Waals surface area contributed by atoms with E-state index in [1.807, 2.05) is 7.05 Å². The van der Waals surface area contributed by atoms with Crippen molar-refractivity contribution in [2.45, 2.75) is 56.4 Å². The molecule has 1 saturated heterocycles. The zero-order valence-corrected chi connectivity index (χ0v) is 16.9. The summed E-state index contributed by atoms with van der Waals surface area (Å²) < 4.78 is 6.01. The number of guanidine groups is 1. The van der Waals surface area contributed by atoms with Gasteiger partial charge in [-0.05, 0) is 37.0 Å². The predicted octanol–water partition coefficient (Wildman–Crippen LogP) is 3.99. The van der Waals surface area contributed by atoms with Crippen molar-refractivity contribution in [3.8, 4) is 0 Å². The summed E-state index contributed by atoms with van der Waals surface area (Å²) in [6.07, 6.45) is 6.47. The normalized spacial score (nSPS) is 29.5. The van der Waals surface area contributed by atoms with Gasteiger partial charge in [0.2, 0.25) is 0 Å². The molecule has 2 N–H and O–H groups in total. The van der Waals surface area contributed by atoms with Crippen LogP contribution in [0.25, 0.3) is 0 Å². The quantitative estimate of drug-likeness (QED) is 0.583. The molecule has 2 fully saturated rings. The van der Waals surface area contributed by atoms with E-state index < -0.39 is 0 Å². The highest BCUT2D eigenvalue weighted by Gasteiger charge is 2.30. The minimum absolute atomic E-state index is 0.196. The SMILES string of the molecule is CCSC1CCCC(NC(=NC)NCC2CCOC2c2ccccc2)C1. The molecule has 1 aliphatic carbocycles. The van der Waals surface area contributed by atoms with Crippen LogP contribution in [0.3, 0.4) is 0 Å². The molecule has 5 heteroatoms. The van der Waals surface area contributed by atoms with Gasteiger partial charge in [-0.2, -0.15) is 11.8 Å². The van der Waals surface area contributed by atoms with Crippen molar-refractivity contribution in [1.29, 1.82) is 0 Å². The van der Waals surface area contributed by atoms with E-state index in [0.717, 1.165) is 30.8 Å². The molecule has 26 heavy (non-hydrogen) atoms. The van der Waals surface area contributed by atoms with Crippen LogP contribution in [0.15, 0.2) is 35.3 Å². The lowest BCUT2D eigenvalue weighted by Gasteiger charge is -2.30. The van der Waals surface area contributed by atoms with Gasteiger partial charge < -0.3 is 15.4 Å². The van der Waals surface area contributed by atoms with E-state index in [1.165, 1.54) is 37.0 Å². The van der Waals surface area contributed by atoms with Crippen LogP contribution in [0, 0.1) is 5.92 Å². The molecule has 4 nitrogen and oxygen atoms in total. The fraction of sp³-hybridized carbons (Fsp3) is 0.667. The van der Waals surface area contributed by atoms with Crippen molar-refractivity contribution >= 4 is 17.7 Å². The smallest absolute Gasteiger partial charge is 0.191 e. The Kier molecular flexibility index (Phi) is 7.69. The first kappa shape index (κ1) is 19.6. The average Bonchev–Trinajstić information content (AvgIpc) is 3.15. The van der Waals surface area contributed by atoms with E-state index >= 15 is 0 Å². The Hall–Kier alpha value is -1.20. The lowest BCUT2D eigenvalue weighted by atomic mass is 9.94. The second-order valence-electron chi connectivity index (χ2n) is 7.29. The monoisotopic (exact) mass is 375 g/mol. The second-order valence-corrected chi connectivity index (χ2v) is 8.87. The van der Waals surface area contributed by atoms with Gasteiger partial charge in [-0.1, -0.05) is 43.7 Å². The lowest BCUT2D eigenvalue weighted by molar-refractivity contribution is 0.0915. The molecule has 1 aromatic carbocycles. The van der Waals surface area contributed by atoms with Gasteiger partial charge in [-0.15, -0.1) is 0 Å². The lowest BCUT2D eigenvalue weighted by Crippen LogP contribution is -2.47. The minimum Gasteiger partial charge on any atom is -0.373 e. The number of ether oxygens (including phenoxy) is 1. The molecule has 2 aliphatic rings. The molecular weight excluding hydrogens is 342 g/mol. The zero-order valence-electron chi connectivity index (χ0n) is 16.1. The van der Waals surface area contributed by atoms with Gasteiger partial charge in [0.15, 0.2) is 5.96 Å². The van der Waals surface area contributed by atoms with E-state index in [-0.39, 0.29) is 6.10 Å². The highest BCUT2D eigenvalue weighted by molar-refractivity contribution is 7.99. The van der Waals surface area contributed by atoms with Crippen molar-refractivity contribution in [3.05, 3.63) is 35.9 Å². The van der Waals surface area contributed by atoms with Crippen molar-refractivity contribution in [1.82, 2.24) is 10.6 Å². The van der Waals surface area contributed by atoms with E-state index in [0.29, 0.717) is 12.0 Å². The maximum absolute atomic E-state index is 6.01. The number of hydrogen-bond donors (Lipinski definition) is 2. The van der Waals surface area contributed by atoms with Crippen LogP contribution in [0.1, 0.15) is 50.7 Å². The van der Waals surface area contributed by atoms with Crippen LogP contribution in [-0.2, 0) is 4.74 Å². The van der Waals surface area contributed by atoms with E-state index in [1.54, 1.807) is 0 Å². The highest BCUT2D eigenvalue weighted by atomic mass is 32.2. The summed E-state index contributed by atoms with van der Waals surface area (Å²) in [5, 5.41) is 8.02. The Morgan fingerprint density at radius 3 is 2.85 bits per heavy atom. The summed E-state index contributed by atoms with van der Waals surface area (Å²) in [5.41, 5.74) is 1.28. The van der Waals surface area contributed by atoms with Gasteiger partial charge in [0, 0.05) is 37.4 Å². The van der Waals surface area contributed by atoms with Crippen LogP contribution < -0.4 is 10.6 Å². The Labute approximate surface area is 162 Å². The van der Waals surface area contributed by atoms with Crippen molar-refractivity contribution < 1.29 is 4.74 Å². The number of thioether (sulfide) groups is 1. The van der Waals surface area contributed by atoms with Crippen molar-refractivity contribution in [3.63, 3.8) is 0 Å². The number of hydrogen-bond acceptors (Lipinski definition) is 3. The molecule has 4 unspecified atom stereocenters. The summed E-state index contributed by atoms with van der Waals surface area (Å²) in [7, 11) is 1.87. The van der Waals surface area contributed by atoms with Crippen LogP contribution in [-0.4, -0.2) is 43.2 Å². The Balaban J connectivity index is 1.49. The van der Waals surface area contributed by atoms with E-state index in [9.17, 15) is 0 Å². The number of nitrogens with one attached hydrogen (secondary N) is 2. The molecule has 1 heterocycles. The average molecular weight is 376 g/mol. The van der Waals surface area contributed by atoms with Gasteiger partial charge in [0.1, 0.15) is 0 Å². The molecule has 0 amide bonds. The molecule has 0 spiro atoms. The third-order valence-corrected chi connectivity index (χ3v) is 6.70. The first-order valence-electron chi connectivity index (χ1n) is 10.1. The van der Waals surface area contributed by atoms with Gasteiger partial charge >= 0.3 is 0 Å². The van der Waals surface area contributed by atoms with E-state index in [2.05, 4.69) is 64.6 Å². The molecule has 1 saturated carbocycles. The second kappa shape index (κ2) is 10.2. The summed E-state index contributed by atoms with van der Waals surface area (Å²) >= 11 is 2.11. The fourth-order valence-electron chi connectivity index (χ4n) is 4.13. The topological polar surface area (TPSA) is 45.7 Å². The summed E-state index contributed by atoms with van der Waals surface area (Å²) in [6.45, 7) is 4.00. The highest BCUT2D eigenvalue weighted by Crippen LogP contribution is 2.34. The Morgan fingerprint density at radius 2 is 2.08 bits per heavy atom. The van der Waals surface area contributed by atoms with Crippen LogP contribution in [0.4, 0.5) is 0 Å². The van der Waals surface area contributed by atoms with Gasteiger partial charge in [0.25, 0.3) is 0 Å². The first-order valence-corrected chi connectivity index (χ1v) is 11.1. The van der Waals surface area contributed by atoms with Crippen LogP contribution in [0.5, 0.6) is 0 Å². The van der Waals surface area contributed by atoms with Crippen molar-refractivity contribution in [2.75, 3.05) is 26.0 Å². The molecule has 144 valence electrons. The summed E-state index contributed by atoms with van der Waals surface area (Å²) in [4.78, 5) is 4.46. The number of benzene rings is 1. The zero-order chi connectivity index (χ0) is 18.2. The van der Waals surface area contributed by atoms with Gasteiger partial charge in [-0.3, -0.25) is 4.99 Å². The van der Waals surface area contributed by atoms with Gasteiger partial charge in [-0.25, -0.2) is 0 Å². The molecule has 0 radical (unpaired) electrons. The fourth-order valence-corrected chi connectivity index (χ4v) is 5.31. The predicted molar refractivity (Wildman–Crippen MR) is 112 cm³/mol. The largest absolute Gasteiger partial charge is 0.373 e. The third-order valence-electron chi connectivity index (χ3n) is 5.47. The van der Waals surface area contributed by atoms with Crippen LogP contribution in [0.2, 0.25) is 0 Å². The summed E-state index contributed by atoms with van der Waals surface area (Å²) in [5.74, 6) is 2.65. The number of nitrogens with zero attached hydrogens (tertiary/aromatic N) is 1. The molecule has 0 aromatic heterocycles. The van der Waals surface area contributed by atoms with E-state index in [4.69, 9.17) is 4.74 Å². The molecular formula is C21H33N3OS. The molecule has 3 rings (SSSR count). The Bertz CT molecular complexity index is 564. The third kappa shape index (κ3) is 5.40. The molecule has 0 bridgehead atoms. The minimum atomic E-state index is 0.196. The standard InChI is InChI=1S/C21H33N3OS/c1-3-26-19-11-7-10-18(14-19)24-21(22-2)23-15-17-12-13-25-20(17)16-8-5-4-6-9-16/h4-6,8-9,17-20H,3,7,10-15H2,1-2H3,(H2,22,23,24). The number of rotatable bonds is 6. The molecule has 1 aliphatic heterocycles.